The summed E-state index contributed by atoms with van der Waals surface area (Å²) < 4.78 is 13.4. The van der Waals surface area contributed by atoms with E-state index < -0.39 is 4.92 Å². The second kappa shape index (κ2) is 7.65. The van der Waals surface area contributed by atoms with Gasteiger partial charge in [0, 0.05) is 23.9 Å². The summed E-state index contributed by atoms with van der Waals surface area (Å²) in [5, 5.41) is 22.5. The third-order valence-corrected chi connectivity index (χ3v) is 3.67. The van der Waals surface area contributed by atoms with Crippen LogP contribution >= 0.6 is 0 Å². The Balaban J connectivity index is 2.19. The molecule has 0 fully saturated rings. The average Bonchev–Trinajstić information content (AvgIpc) is 2.52. The van der Waals surface area contributed by atoms with Crippen molar-refractivity contribution in [1.82, 2.24) is 0 Å². The molecule has 0 spiro atoms. The van der Waals surface area contributed by atoms with Gasteiger partial charge in [0.2, 0.25) is 0 Å². The summed E-state index contributed by atoms with van der Waals surface area (Å²) in [7, 11) is 3.86. The molecular formula is C17H18FN3O3. The van der Waals surface area contributed by atoms with Crippen LogP contribution in [0.25, 0.3) is 0 Å². The van der Waals surface area contributed by atoms with Crippen molar-refractivity contribution in [3.8, 4) is 5.75 Å². The number of likely N-dealkylation sites (N-methyl/N-ethyl adjacent to an activating group) is 1. The minimum Gasteiger partial charge on any atom is -0.872 e. The molecule has 0 saturated carbocycles. The van der Waals surface area contributed by atoms with Crippen molar-refractivity contribution in [1.29, 1.82) is 0 Å². The lowest BCUT2D eigenvalue weighted by Gasteiger charge is -2.20. The highest BCUT2D eigenvalue weighted by Crippen LogP contribution is 2.19. The molecule has 0 unspecified atom stereocenters. The smallest absolute Gasteiger partial charge is 0.270 e. The average molecular weight is 331 g/mol. The van der Waals surface area contributed by atoms with Gasteiger partial charge in [-0.25, -0.2) is 4.39 Å². The molecule has 24 heavy (non-hydrogen) atoms. The zero-order valence-electron chi connectivity index (χ0n) is 13.4. The molecule has 1 atom stereocenters. The first kappa shape index (κ1) is 17.6. The number of nitro groups is 1. The van der Waals surface area contributed by atoms with Gasteiger partial charge in [-0.3, -0.25) is 15.1 Å². The predicted octanol–water partition coefficient (Wildman–Crippen LogP) is 1.11. The summed E-state index contributed by atoms with van der Waals surface area (Å²) in [6.45, 7) is 0.327. The first-order valence-electron chi connectivity index (χ1n) is 7.39. The second-order valence-electron chi connectivity index (χ2n) is 5.66. The molecule has 0 amide bonds. The molecule has 1 N–H and O–H groups in total. The topological polar surface area (TPSA) is 83.0 Å². The number of non-ortho nitro benzene ring substituents is 1. The van der Waals surface area contributed by atoms with Crippen molar-refractivity contribution < 1.29 is 19.3 Å². The van der Waals surface area contributed by atoms with Crippen molar-refractivity contribution in [3.05, 3.63) is 69.5 Å². The van der Waals surface area contributed by atoms with Crippen LogP contribution in [0.15, 0.2) is 47.5 Å². The number of nitrogens with one attached hydrogen (secondary N) is 1. The zero-order valence-corrected chi connectivity index (χ0v) is 13.4. The second-order valence-corrected chi connectivity index (χ2v) is 5.66. The van der Waals surface area contributed by atoms with E-state index in [1.165, 1.54) is 30.5 Å². The highest BCUT2D eigenvalue weighted by Gasteiger charge is 2.17. The maximum atomic E-state index is 13.4. The fourth-order valence-electron chi connectivity index (χ4n) is 2.35. The Bertz CT molecular complexity index is 762. The number of quaternary nitrogens is 1. The zero-order chi connectivity index (χ0) is 17.7. The quantitative estimate of drug-likeness (QED) is 0.489. The van der Waals surface area contributed by atoms with Gasteiger partial charge in [0.05, 0.1) is 25.6 Å². The van der Waals surface area contributed by atoms with E-state index in [4.69, 9.17) is 0 Å². The van der Waals surface area contributed by atoms with Crippen molar-refractivity contribution in [2.24, 2.45) is 4.99 Å². The van der Waals surface area contributed by atoms with Crippen molar-refractivity contribution in [2.45, 2.75) is 6.04 Å². The molecular weight excluding hydrogens is 313 g/mol. The van der Waals surface area contributed by atoms with Crippen LogP contribution in [-0.4, -0.2) is 31.8 Å². The SMILES string of the molecule is C[NH+](C)[C@@H](CN=Cc1cc([N+](=O)[O-])ccc1[O-])c1cccc(F)c1. The van der Waals surface area contributed by atoms with Crippen LogP contribution in [-0.2, 0) is 0 Å². The van der Waals surface area contributed by atoms with E-state index in [9.17, 15) is 19.6 Å². The van der Waals surface area contributed by atoms with Crippen LogP contribution in [0.5, 0.6) is 5.75 Å². The van der Waals surface area contributed by atoms with Crippen molar-refractivity contribution >= 4 is 11.9 Å². The lowest BCUT2D eigenvalue weighted by Crippen LogP contribution is -3.06. The van der Waals surface area contributed by atoms with Gasteiger partial charge in [0.25, 0.3) is 5.69 Å². The largest absolute Gasteiger partial charge is 0.872 e. The predicted molar refractivity (Wildman–Crippen MR) is 87.0 cm³/mol. The van der Waals surface area contributed by atoms with E-state index in [1.54, 1.807) is 6.07 Å². The number of hydrogen-bond acceptors (Lipinski definition) is 4. The highest BCUT2D eigenvalue weighted by atomic mass is 19.1. The Hall–Kier alpha value is -2.80. The molecule has 0 aliphatic rings. The Labute approximate surface area is 139 Å². The summed E-state index contributed by atoms with van der Waals surface area (Å²) in [6.07, 6.45) is 1.34. The molecule has 0 aliphatic heterocycles. The van der Waals surface area contributed by atoms with Gasteiger partial charge in [0.15, 0.2) is 0 Å². The van der Waals surface area contributed by atoms with Crippen LogP contribution in [0, 0.1) is 15.9 Å². The number of benzene rings is 2. The van der Waals surface area contributed by atoms with E-state index in [2.05, 4.69) is 4.99 Å². The molecule has 2 rings (SSSR count). The fraction of sp³-hybridized carbons (Fsp3) is 0.235. The van der Waals surface area contributed by atoms with E-state index in [1.807, 2.05) is 20.2 Å². The molecule has 0 saturated heterocycles. The number of hydrogen-bond donors (Lipinski definition) is 1. The van der Waals surface area contributed by atoms with Gasteiger partial charge in [0.1, 0.15) is 11.9 Å². The lowest BCUT2D eigenvalue weighted by atomic mass is 10.1. The van der Waals surface area contributed by atoms with Gasteiger partial charge in [-0.1, -0.05) is 23.9 Å². The van der Waals surface area contributed by atoms with Gasteiger partial charge >= 0.3 is 0 Å². The van der Waals surface area contributed by atoms with E-state index in [0.29, 0.717) is 6.54 Å². The first-order chi connectivity index (χ1) is 11.4. The molecule has 126 valence electrons. The number of halogens is 1. The molecule has 2 aromatic rings. The number of nitrogens with zero attached hydrogens (tertiary/aromatic N) is 2. The maximum absolute atomic E-state index is 13.4. The Morgan fingerprint density at radius 2 is 2.04 bits per heavy atom. The minimum absolute atomic E-state index is 0.0919. The number of nitro benzene ring substituents is 1. The van der Waals surface area contributed by atoms with Crippen molar-refractivity contribution in [2.75, 3.05) is 20.6 Å². The first-order valence-corrected chi connectivity index (χ1v) is 7.39. The monoisotopic (exact) mass is 331 g/mol. The molecule has 0 bridgehead atoms. The van der Waals surface area contributed by atoms with E-state index >= 15 is 0 Å². The van der Waals surface area contributed by atoms with Crippen LogP contribution < -0.4 is 10.0 Å². The third-order valence-electron chi connectivity index (χ3n) is 3.67. The summed E-state index contributed by atoms with van der Waals surface area (Å²) >= 11 is 0. The van der Waals surface area contributed by atoms with Gasteiger partial charge in [-0.2, -0.15) is 0 Å². The highest BCUT2D eigenvalue weighted by molar-refractivity contribution is 5.84. The van der Waals surface area contributed by atoms with E-state index in [-0.39, 0.29) is 28.9 Å². The molecule has 0 heterocycles. The van der Waals surface area contributed by atoms with E-state index in [0.717, 1.165) is 16.5 Å². The summed E-state index contributed by atoms with van der Waals surface area (Å²) in [4.78, 5) is 15.5. The third kappa shape index (κ3) is 4.36. The Kier molecular flexibility index (Phi) is 5.59. The number of rotatable bonds is 6. The van der Waals surface area contributed by atoms with Crippen LogP contribution in [0.1, 0.15) is 17.2 Å². The molecule has 0 radical (unpaired) electrons. The molecule has 6 nitrogen and oxygen atoms in total. The molecule has 7 heteroatoms. The minimum atomic E-state index is -0.559. The fourth-order valence-corrected chi connectivity index (χ4v) is 2.35. The summed E-state index contributed by atoms with van der Waals surface area (Å²) in [5.41, 5.74) is 0.806. The Morgan fingerprint density at radius 1 is 1.29 bits per heavy atom. The standard InChI is InChI=1S/C17H18FN3O3/c1-20(2)16(12-4-3-5-14(18)8-12)11-19-10-13-9-15(21(23)24)6-7-17(13)22/h3-10,16,22H,11H2,1-2H3/t16-/m0/s1. The normalized spacial score (nSPS) is 12.7. The van der Waals surface area contributed by atoms with Crippen LogP contribution in [0.2, 0.25) is 0 Å². The maximum Gasteiger partial charge on any atom is 0.270 e. The van der Waals surface area contributed by atoms with Gasteiger partial charge in [-0.05, 0) is 17.7 Å². The number of aliphatic imine (C=N–C) groups is 1. The van der Waals surface area contributed by atoms with Gasteiger partial charge in [-0.15, -0.1) is 0 Å². The van der Waals surface area contributed by atoms with Gasteiger partial charge < -0.3 is 10.0 Å². The summed E-state index contributed by atoms with van der Waals surface area (Å²) in [5.74, 6) is -0.646. The molecule has 0 aliphatic carbocycles. The van der Waals surface area contributed by atoms with Crippen molar-refractivity contribution in [3.63, 3.8) is 0 Å². The molecule has 0 aromatic heterocycles. The van der Waals surface area contributed by atoms with Crippen LogP contribution in [0.4, 0.5) is 10.1 Å². The summed E-state index contributed by atoms with van der Waals surface area (Å²) in [6, 6.07) is 9.72. The Morgan fingerprint density at radius 3 is 2.67 bits per heavy atom. The lowest BCUT2D eigenvalue weighted by molar-refractivity contribution is -0.890. The molecule has 2 aromatic carbocycles. The van der Waals surface area contributed by atoms with Crippen LogP contribution in [0.3, 0.4) is 0 Å².